The van der Waals surface area contributed by atoms with Gasteiger partial charge < -0.3 is 28.8 Å². The van der Waals surface area contributed by atoms with Crippen LogP contribution >= 0.6 is 0 Å². The van der Waals surface area contributed by atoms with E-state index >= 15 is 0 Å². The lowest BCUT2D eigenvalue weighted by Crippen LogP contribution is -2.42. The topological polar surface area (TPSA) is 90.6 Å². The van der Waals surface area contributed by atoms with Crippen molar-refractivity contribution in [2.75, 3.05) is 26.7 Å². The average Bonchev–Trinajstić information content (AvgIpc) is 3.57. The Labute approximate surface area is 242 Å². The molecule has 0 radical (unpaired) electrons. The quantitative estimate of drug-likeness (QED) is 0.373. The third-order valence-electron chi connectivity index (χ3n) is 8.29. The average molecular weight is 564 g/mol. The highest BCUT2D eigenvalue weighted by molar-refractivity contribution is 5.81. The van der Waals surface area contributed by atoms with Crippen molar-refractivity contribution < 1.29 is 14.3 Å². The van der Waals surface area contributed by atoms with Crippen LogP contribution in [0.2, 0.25) is 0 Å². The van der Waals surface area contributed by atoms with E-state index in [0.29, 0.717) is 31.2 Å². The summed E-state index contributed by atoms with van der Waals surface area (Å²) in [5, 5.41) is 3.48. The molecular formula is C32H45N5O4. The molecule has 1 aromatic carbocycles. The van der Waals surface area contributed by atoms with Gasteiger partial charge in [0.05, 0.1) is 30.3 Å². The summed E-state index contributed by atoms with van der Waals surface area (Å²) in [6, 6.07) is 7.89. The number of fused-ring (bicyclic) bond motifs is 1. The summed E-state index contributed by atoms with van der Waals surface area (Å²) in [5.41, 5.74) is 4.53. The van der Waals surface area contributed by atoms with Crippen molar-refractivity contribution in [3.8, 4) is 11.4 Å². The fourth-order valence-corrected chi connectivity index (χ4v) is 6.10. The molecular weight excluding hydrogens is 518 g/mol. The summed E-state index contributed by atoms with van der Waals surface area (Å²) in [7, 11) is 3.90. The SMILES string of the molecule is Cc1cc(-c2nc3cc(CNC(CC(C)C)C(=O)OC4CCCC4)ccc3n2CC2CN(C)CCO2)cn(C)c1=O. The van der Waals surface area contributed by atoms with Gasteiger partial charge >= 0.3 is 5.97 Å². The van der Waals surface area contributed by atoms with E-state index in [4.69, 9.17) is 14.5 Å². The van der Waals surface area contributed by atoms with E-state index in [0.717, 1.165) is 73.2 Å². The summed E-state index contributed by atoms with van der Waals surface area (Å²) >= 11 is 0. The Morgan fingerprint density at radius 2 is 1.98 bits per heavy atom. The van der Waals surface area contributed by atoms with E-state index in [2.05, 4.69) is 53.9 Å². The van der Waals surface area contributed by atoms with Crippen LogP contribution in [0.25, 0.3) is 22.4 Å². The third kappa shape index (κ3) is 7.08. The molecule has 1 aliphatic heterocycles. The number of nitrogens with zero attached hydrogens (tertiary/aromatic N) is 4. The standard InChI is InChI=1S/C32H45N5O4/c1-21(2)14-28(32(39)41-25-8-6-7-9-25)33-17-23-10-11-29-27(16-23)34-30(24-15-22(3)31(38)36(5)18-24)37(29)20-26-19-35(4)12-13-40-26/h10-11,15-16,18,21,25-26,28,33H,6-9,12-14,17,19-20H2,1-5H3. The third-order valence-corrected chi connectivity index (χ3v) is 8.29. The molecule has 1 saturated carbocycles. The molecule has 222 valence electrons. The Morgan fingerprint density at radius 3 is 2.68 bits per heavy atom. The highest BCUT2D eigenvalue weighted by Gasteiger charge is 2.26. The second-order valence-electron chi connectivity index (χ2n) is 12.4. The van der Waals surface area contributed by atoms with E-state index in [-0.39, 0.29) is 29.8 Å². The van der Waals surface area contributed by atoms with Crippen LogP contribution in [0, 0.1) is 12.8 Å². The Kier molecular flexibility index (Phi) is 9.26. The molecule has 0 spiro atoms. The number of rotatable bonds is 10. The Balaban J connectivity index is 1.42. The summed E-state index contributed by atoms with van der Waals surface area (Å²) < 4.78 is 15.8. The zero-order valence-corrected chi connectivity index (χ0v) is 25.2. The molecule has 41 heavy (non-hydrogen) atoms. The van der Waals surface area contributed by atoms with E-state index < -0.39 is 0 Å². The molecule has 5 rings (SSSR count). The molecule has 2 aliphatic rings. The van der Waals surface area contributed by atoms with Crippen LogP contribution < -0.4 is 10.9 Å². The molecule has 0 amide bonds. The highest BCUT2D eigenvalue weighted by Crippen LogP contribution is 2.27. The number of ether oxygens (including phenoxy) is 2. The predicted molar refractivity (Wildman–Crippen MR) is 161 cm³/mol. The summed E-state index contributed by atoms with van der Waals surface area (Å²) in [6.07, 6.45) is 6.91. The number of pyridine rings is 1. The van der Waals surface area contributed by atoms with Crippen molar-refractivity contribution in [3.05, 3.63) is 51.9 Å². The number of carbonyl (C=O) groups excluding carboxylic acids is 1. The van der Waals surface area contributed by atoms with Gasteiger partial charge in [0.15, 0.2) is 0 Å². The first-order valence-corrected chi connectivity index (χ1v) is 15.1. The second-order valence-corrected chi connectivity index (χ2v) is 12.4. The molecule has 9 heteroatoms. The molecule has 2 fully saturated rings. The maximum atomic E-state index is 13.0. The lowest BCUT2D eigenvalue weighted by molar-refractivity contribution is -0.151. The van der Waals surface area contributed by atoms with E-state index in [9.17, 15) is 9.59 Å². The van der Waals surface area contributed by atoms with Gasteiger partial charge in [-0.15, -0.1) is 0 Å². The Bertz CT molecular complexity index is 1400. The van der Waals surface area contributed by atoms with Crippen molar-refractivity contribution in [1.82, 2.24) is 24.3 Å². The predicted octanol–water partition coefficient (Wildman–Crippen LogP) is 4.03. The van der Waals surface area contributed by atoms with Gasteiger partial charge in [0, 0.05) is 44.0 Å². The van der Waals surface area contributed by atoms with E-state index in [1.165, 1.54) is 0 Å². The zero-order valence-electron chi connectivity index (χ0n) is 25.2. The van der Waals surface area contributed by atoms with Crippen LogP contribution in [0.1, 0.15) is 57.1 Å². The van der Waals surface area contributed by atoms with Crippen LogP contribution in [0.4, 0.5) is 0 Å². The fourth-order valence-electron chi connectivity index (χ4n) is 6.10. The van der Waals surface area contributed by atoms with Gasteiger partial charge in [-0.1, -0.05) is 19.9 Å². The van der Waals surface area contributed by atoms with Gasteiger partial charge in [-0.05, 0) is 75.8 Å². The number of nitrogens with one attached hydrogen (secondary N) is 1. The van der Waals surface area contributed by atoms with Crippen LogP contribution in [0.3, 0.4) is 0 Å². The van der Waals surface area contributed by atoms with Crippen molar-refractivity contribution in [2.45, 2.75) is 84.2 Å². The van der Waals surface area contributed by atoms with Crippen LogP contribution in [-0.4, -0.2) is 70.0 Å². The molecule has 1 saturated heterocycles. The summed E-state index contributed by atoms with van der Waals surface area (Å²) in [5.74, 6) is 1.05. The van der Waals surface area contributed by atoms with Crippen LogP contribution in [0.5, 0.6) is 0 Å². The van der Waals surface area contributed by atoms with Gasteiger partial charge in [0.2, 0.25) is 0 Å². The van der Waals surface area contributed by atoms with Gasteiger partial charge in [-0.3, -0.25) is 9.59 Å². The number of benzene rings is 1. The molecule has 3 heterocycles. The summed E-state index contributed by atoms with van der Waals surface area (Å²) in [6.45, 7) is 9.80. The molecule has 9 nitrogen and oxygen atoms in total. The monoisotopic (exact) mass is 563 g/mol. The minimum absolute atomic E-state index is 0.00980. The number of aryl methyl sites for hydroxylation is 2. The number of carbonyl (C=O) groups is 1. The van der Waals surface area contributed by atoms with Crippen LogP contribution in [0.15, 0.2) is 35.3 Å². The maximum Gasteiger partial charge on any atom is 0.323 e. The molecule has 3 aromatic rings. The number of hydrogen-bond donors (Lipinski definition) is 1. The van der Waals surface area contributed by atoms with Crippen LogP contribution in [-0.2, 0) is 34.4 Å². The lowest BCUT2D eigenvalue weighted by atomic mass is 10.0. The van der Waals surface area contributed by atoms with Gasteiger partial charge in [0.25, 0.3) is 5.56 Å². The smallest absolute Gasteiger partial charge is 0.323 e. The lowest BCUT2D eigenvalue weighted by Gasteiger charge is -2.30. The van der Waals surface area contributed by atoms with E-state index in [1.807, 2.05) is 19.2 Å². The normalized spacial score (nSPS) is 19.3. The molecule has 1 N–H and O–H groups in total. The first-order chi connectivity index (χ1) is 19.7. The fraction of sp³-hybridized carbons (Fsp3) is 0.594. The molecule has 2 unspecified atom stereocenters. The van der Waals surface area contributed by atoms with Crippen molar-refractivity contribution in [1.29, 1.82) is 0 Å². The van der Waals surface area contributed by atoms with Crippen molar-refractivity contribution in [3.63, 3.8) is 0 Å². The number of hydrogen-bond acceptors (Lipinski definition) is 7. The zero-order chi connectivity index (χ0) is 29.1. The van der Waals surface area contributed by atoms with Gasteiger partial charge in [-0.2, -0.15) is 0 Å². The Morgan fingerprint density at radius 1 is 1.20 bits per heavy atom. The van der Waals surface area contributed by atoms with Crippen molar-refractivity contribution in [2.24, 2.45) is 13.0 Å². The van der Waals surface area contributed by atoms with E-state index in [1.54, 1.807) is 11.6 Å². The molecule has 2 atom stereocenters. The largest absolute Gasteiger partial charge is 0.461 e. The minimum Gasteiger partial charge on any atom is -0.461 e. The Hall–Kier alpha value is -3.01. The number of imidazole rings is 1. The highest BCUT2D eigenvalue weighted by atomic mass is 16.5. The molecule has 1 aliphatic carbocycles. The first-order valence-electron chi connectivity index (χ1n) is 15.1. The minimum atomic E-state index is -0.339. The first kappa shape index (κ1) is 29.5. The molecule has 0 bridgehead atoms. The summed E-state index contributed by atoms with van der Waals surface area (Å²) in [4.78, 5) is 32.8. The molecule has 2 aromatic heterocycles. The number of aromatic nitrogens is 3. The number of esters is 1. The maximum absolute atomic E-state index is 13.0. The second kappa shape index (κ2) is 12.9. The van der Waals surface area contributed by atoms with Gasteiger partial charge in [0.1, 0.15) is 18.0 Å². The van der Waals surface area contributed by atoms with Crippen molar-refractivity contribution >= 4 is 17.0 Å². The van der Waals surface area contributed by atoms with Gasteiger partial charge in [-0.25, -0.2) is 4.98 Å². The number of likely N-dealkylation sites (N-methyl/N-ethyl adjacent to an activating group) is 1. The number of morpholine rings is 1.